The number of amides is 1. The van der Waals surface area contributed by atoms with Crippen molar-refractivity contribution >= 4 is 11.9 Å². The Kier molecular flexibility index (Phi) is 6.74. The zero-order valence-corrected chi connectivity index (χ0v) is 8.67. The molecule has 0 spiro atoms. The van der Waals surface area contributed by atoms with Crippen molar-refractivity contribution in [2.75, 3.05) is 13.1 Å². The zero-order chi connectivity index (χ0) is 11.0. The van der Waals surface area contributed by atoms with Crippen LogP contribution >= 0.6 is 0 Å². The average Bonchev–Trinajstić information content (AvgIpc) is 2.03. The molecule has 0 aromatic carbocycles. The molecule has 1 fully saturated rings. The van der Waals surface area contributed by atoms with E-state index >= 15 is 0 Å². The second kappa shape index (κ2) is 7.32. The van der Waals surface area contributed by atoms with Gasteiger partial charge in [-0.15, -0.1) is 0 Å². The second-order valence-electron chi connectivity index (χ2n) is 3.26. The molecule has 1 unspecified atom stereocenters. The quantitative estimate of drug-likeness (QED) is 0.557. The van der Waals surface area contributed by atoms with E-state index in [2.05, 4.69) is 10.6 Å². The molecule has 0 radical (unpaired) electrons. The Balaban J connectivity index is 0.000000364. The van der Waals surface area contributed by atoms with E-state index in [-0.39, 0.29) is 5.91 Å². The molecular weight excluding hydrogens is 184 g/mol. The van der Waals surface area contributed by atoms with Gasteiger partial charge in [-0.1, -0.05) is 0 Å². The fourth-order valence-electron chi connectivity index (χ4n) is 1.26. The smallest absolute Gasteiger partial charge is 0.300 e. The van der Waals surface area contributed by atoms with Crippen LogP contribution in [-0.4, -0.2) is 36.1 Å². The van der Waals surface area contributed by atoms with Crippen LogP contribution in [0.5, 0.6) is 0 Å². The maximum Gasteiger partial charge on any atom is 0.300 e. The van der Waals surface area contributed by atoms with E-state index in [0.29, 0.717) is 6.04 Å². The van der Waals surface area contributed by atoms with E-state index in [0.717, 1.165) is 26.4 Å². The standard InChI is InChI=1S/C7H14N2O.C2H4O2/c1-6(10)9-7-3-2-4-8-5-7;1-2(3)4/h7-8H,2-5H2,1H3,(H,9,10);1H3,(H,3,4). The maximum atomic E-state index is 10.6. The van der Waals surface area contributed by atoms with Crippen molar-refractivity contribution in [3.63, 3.8) is 0 Å². The Morgan fingerprint density at radius 1 is 1.43 bits per heavy atom. The fourth-order valence-corrected chi connectivity index (χ4v) is 1.26. The number of carboxylic acid groups (broad SMARTS) is 1. The molecule has 14 heavy (non-hydrogen) atoms. The van der Waals surface area contributed by atoms with Crippen molar-refractivity contribution in [2.45, 2.75) is 32.7 Å². The predicted molar refractivity (Wildman–Crippen MR) is 53.0 cm³/mol. The molecule has 0 aromatic heterocycles. The number of rotatable bonds is 1. The number of carbonyl (C=O) groups is 2. The van der Waals surface area contributed by atoms with Gasteiger partial charge in [0.15, 0.2) is 0 Å². The third kappa shape index (κ3) is 8.99. The summed E-state index contributed by atoms with van der Waals surface area (Å²) in [6, 6.07) is 0.367. The lowest BCUT2D eigenvalue weighted by atomic mass is 10.1. The summed E-state index contributed by atoms with van der Waals surface area (Å²) in [4.78, 5) is 19.6. The molecule has 1 rings (SSSR count). The van der Waals surface area contributed by atoms with Crippen molar-refractivity contribution in [1.82, 2.24) is 10.6 Å². The molecule has 1 heterocycles. The summed E-state index contributed by atoms with van der Waals surface area (Å²) in [5.74, 6) is -0.756. The minimum absolute atomic E-state index is 0.0775. The molecule has 1 aliphatic heterocycles. The van der Waals surface area contributed by atoms with Crippen molar-refractivity contribution < 1.29 is 14.7 Å². The van der Waals surface area contributed by atoms with Gasteiger partial charge in [0.25, 0.3) is 5.97 Å². The molecule has 0 aromatic rings. The van der Waals surface area contributed by atoms with Gasteiger partial charge in [-0.2, -0.15) is 0 Å². The van der Waals surface area contributed by atoms with Gasteiger partial charge in [0, 0.05) is 26.4 Å². The Morgan fingerprint density at radius 3 is 2.36 bits per heavy atom. The van der Waals surface area contributed by atoms with Crippen LogP contribution in [0.4, 0.5) is 0 Å². The summed E-state index contributed by atoms with van der Waals surface area (Å²) >= 11 is 0. The van der Waals surface area contributed by atoms with Gasteiger partial charge in [0.2, 0.25) is 5.91 Å². The molecule has 1 aliphatic rings. The number of nitrogens with one attached hydrogen (secondary N) is 2. The summed E-state index contributed by atoms with van der Waals surface area (Å²) in [6.45, 7) is 4.67. The molecular formula is C9H18N2O3. The molecule has 5 nitrogen and oxygen atoms in total. The van der Waals surface area contributed by atoms with Crippen molar-refractivity contribution in [2.24, 2.45) is 0 Å². The highest BCUT2D eigenvalue weighted by atomic mass is 16.4. The highest BCUT2D eigenvalue weighted by Crippen LogP contribution is 2.00. The van der Waals surface area contributed by atoms with Crippen LogP contribution in [0.15, 0.2) is 0 Å². The third-order valence-corrected chi connectivity index (χ3v) is 1.70. The first-order chi connectivity index (χ1) is 6.52. The van der Waals surface area contributed by atoms with Gasteiger partial charge in [-0.3, -0.25) is 9.59 Å². The lowest BCUT2D eigenvalue weighted by Gasteiger charge is -2.22. The average molecular weight is 202 g/mol. The van der Waals surface area contributed by atoms with E-state index in [1.165, 1.54) is 6.42 Å². The van der Waals surface area contributed by atoms with Crippen LogP contribution in [0, 0.1) is 0 Å². The van der Waals surface area contributed by atoms with Crippen LogP contribution in [0.2, 0.25) is 0 Å². The molecule has 3 N–H and O–H groups in total. The minimum atomic E-state index is -0.833. The molecule has 1 saturated heterocycles. The normalized spacial score (nSPS) is 20.3. The Hall–Kier alpha value is -1.10. The number of carbonyl (C=O) groups excluding carboxylic acids is 1. The first-order valence-electron chi connectivity index (χ1n) is 4.69. The first-order valence-corrected chi connectivity index (χ1v) is 4.69. The summed E-state index contributed by atoms with van der Waals surface area (Å²) in [6.07, 6.45) is 2.29. The number of hydrogen-bond donors (Lipinski definition) is 3. The van der Waals surface area contributed by atoms with Gasteiger partial charge >= 0.3 is 0 Å². The van der Waals surface area contributed by atoms with E-state index < -0.39 is 5.97 Å². The van der Waals surface area contributed by atoms with E-state index in [4.69, 9.17) is 9.90 Å². The monoisotopic (exact) mass is 202 g/mol. The Bertz CT molecular complexity index is 184. The number of hydrogen-bond acceptors (Lipinski definition) is 3. The molecule has 1 atom stereocenters. The van der Waals surface area contributed by atoms with Crippen molar-refractivity contribution in [3.05, 3.63) is 0 Å². The predicted octanol–water partition coefficient (Wildman–Crippen LogP) is -0.0346. The lowest BCUT2D eigenvalue weighted by molar-refractivity contribution is -0.134. The fraction of sp³-hybridized carbons (Fsp3) is 0.778. The van der Waals surface area contributed by atoms with Crippen molar-refractivity contribution in [1.29, 1.82) is 0 Å². The van der Waals surface area contributed by atoms with E-state index in [1.807, 2.05) is 0 Å². The van der Waals surface area contributed by atoms with Crippen molar-refractivity contribution in [3.8, 4) is 0 Å². The van der Waals surface area contributed by atoms with E-state index in [9.17, 15) is 4.79 Å². The minimum Gasteiger partial charge on any atom is -0.481 e. The lowest BCUT2D eigenvalue weighted by Crippen LogP contribution is -2.44. The highest BCUT2D eigenvalue weighted by molar-refractivity contribution is 5.73. The zero-order valence-electron chi connectivity index (χ0n) is 8.67. The van der Waals surface area contributed by atoms with Gasteiger partial charge < -0.3 is 15.7 Å². The van der Waals surface area contributed by atoms with Crippen LogP contribution in [0.3, 0.4) is 0 Å². The molecule has 1 amide bonds. The summed E-state index contributed by atoms with van der Waals surface area (Å²) in [7, 11) is 0. The molecule has 0 bridgehead atoms. The topological polar surface area (TPSA) is 78.4 Å². The Labute approximate surface area is 83.9 Å². The number of carboxylic acids is 1. The summed E-state index contributed by atoms with van der Waals surface area (Å²) in [5, 5.41) is 13.5. The number of aliphatic carboxylic acids is 1. The Morgan fingerprint density at radius 2 is 2.00 bits per heavy atom. The SMILES string of the molecule is CC(=O)NC1CCCNC1.CC(=O)O. The van der Waals surface area contributed by atoms with Gasteiger partial charge in [-0.25, -0.2) is 0 Å². The van der Waals surface area contributed by atoms with E-state index in [1.54, 1.807) is 6.92 Å². The van der Waals surface area contributed by atoms with Gasteiger partial charge in [0.05, 0.1) is 0 Å². The van der Waals surface area contributed by atoms with Crippen LogP contribution in [0.25, 0.3) is 0 Å². The molecule has 0 aliphatic carbocycles. The third-order valence-electron chi connectivity index (χ3n) is 1.70. The second-order valence-corrected chi connectivity index (χ2v) is 3.26. The molecule has 0 saturated carbocycles. The largest absolute Gasteiger partial charge is 0.481 e. The number of piperidine rings is 1. The molecule has 82 valence electrons. The van der Waals surface area contributed by atoms with Gasteiger partial charge in [0.1, 0.15) is 0 Å². The summed E-state index contributed by atoms with van der Waals surface area (Å²) in [5.41, 5.74) is 0. The van der Waals surface area contributed by atoms with Crippen LogP contribution < -0.4 is 10.6 Å². The molecule has 5 heteroatoms. The maximum absolute atomic E-state index is 10.6. The van der Waals surface area contributed by atoms with Crippen LogP contribution in [-0.2, 0) is 9.59 Å². The first kappa shape index (κ1) is 12.9. The van der Waals surface area contributed by atoms with Crippen LogP contribution in [0.1, 0.15) is 26.7 Å². The highest BCUT2D eigenvalue weighted by Gasteiger charge is 2.12. The van der Waals surface area contributed by atoms with Gasteiger partial charge in [-0.05, 0) is 19.4 Å². The summed E-state index contributed by atoms with van der Waals surface area (Å²) < 4.78 is 0.